The standard InChI is InChI=1S/C17H30N2/c1-4-7-10-15(6-3)14-19(13-5-2)17-12-9-8-11-16(17)18/h8-9,11-12,15H,4-7,10,13-14,18H2,1-3H3. The predicted molar refractivity (Wildman–Crippen MR) is 86.7 cm³/mol. The van der Waals surface area contributed by atoms with Gasteiger partial charge in [0.2, 0.25) is 0 Å². The molecular weight excluding hydrogens is 232 g/mol. The molecule has 2 nitrogen and oxygen atoms in total. The van der Waals surface area contributed by atoms with E-state index in [1.54, 1.807) is 0 Å². The maximum atomic E-state index is 6.13. The maximum absolute atomic E-state index is 6.13. The zero-order valence-corrected chi connectivity index (χ0v) is 12.9. The number of para-hydroxylation sites is 2. The summed E-state index contributed by atoms with van der Waals surface area (Å²) in [6, 6.07) is 8.25. The summed E-state index contributed by atoms with van der Waals surface area (Å²) in [5.74, 6) is 0.783. The van der Waals surface area contributed by atoms with E-state index in [0.29, 0.717) is 0 Å². The highest BCUT2D eigenvalue weighted by Gasteiger charge is 2.14. The molecule has 1 aromatic carbocycles. The highest BCUT2D eigenvalue weighted by molar-refractivity contribution is 5.67. The Morgan fingerprint density at radius 2 is 1.84 bits per heavy atom. The molecule has 19 heavy (non-hydrogen) atoms. The van der Waals surface area contributed by atoms with Gasteiger partial charge in [-0.1, -0.05) is 52.2 Å². The van der Waals surface area contributed by atoms with Gasteiger partial charge >= 0.3 is 0 Å². The van der Waals surface area contributed by atoms with Crippen LogP contribution in [0.25, 0.3) is 0 Å². The Morgan fingerprint density at radius 1 is 1.11 bits per heavy atom. The Hall–Kier alpha value is -1.18. The van der Waals surface area contributed by atoms with Crippen LogP contribution in [0.3, 0.4) is 0 Å². The van der Waals surface area contributed by atoms with Gasteiger partial charge in [-0.05, 0) is 30.9 Å². The van der Waals surface area contributed by atoms with E-state index in [-0.39, 0.29) is 0 Å². The second-order valence-electron chi connectivity index (χ2n) is 5.42. The van der Waals surface area contributed by atoms with E-state index in [1.807, 2.05) is 12.1 Å². The van der Waals surface area contributed by atoms with E-state index >= 15 is 0 Å². The fourth-order valence-corrected chi connectivity index (χ4v) is 2.58. The molecule has 0 radical (unpaired) electrons. The number of hydrogen-bond acceptors (Lipinski definition) is 2. The summed E-state index contributed by atoms with van der Waals surface area (Å²) in [4.78, 5) is 2.47. The Morgan fingerprint density at radius 3 is 2.42 bits per heavy atom. The van der Waals surface area contributed by atoms with Crippen LogP contribution in [0.4, 0.5) is 11.4 Å². The molecular formula is C17H30N2. The van der Waals surface area contributed by atoms with Gasteiger partial charge in [0.25, 0.3) is 0 Å². The number of nitrogens with zero attached hydrogens (tertiary/aromatic N) is 1. The molecule has 1 atom stereocenters. The minimum absolute atomic E-state index is 0.783. The van der Waals surface area contributed by atoms with Gasteiger partial charge in [0.15, 0.2) is 0 Å². The smallest absolute Gasteiger partial charge is 0.0600 e. The third kappa shape index (κ3) is 5.14. The molecule has 0 aliphatic carbocycles. The minimum Gasteiger partial charge on any atom is -0.397 e. The van der Waals surface area contributed by atoms with Crippen molar-refractivity contribution >= 4 is 11.4 Å². The molecule has 108 valence electrons. The lowest BCUT2D eigenvalue weighted by atomic mass is 9.98. The number of rotatable bonds is 9. The highest BCUT2D eigenvalue weighted by Crippen LogP contribution is 2.25. The number of anilines is 2. The molecule has 1 unspecified atom stereocenters. The molecule has 0 amide bonds. The van der Waals surface area contributed by atoms with Crippen LogP contribution in [0.1, 0.15) is 52.9 Å². The number of hydrogen-bond donors (Lipinski definition) is 1. The van der Waals surface area contributed by atoms with Crippen molar-refractivity contribution in [2.75, 3.05) is 23.7 Å². The molecule has 2 heteroatoms. The van der Waals surface area contributed by atoms with Gasteiger partial charge in [0, 0.05) is 13.1 Å². The van der Waals surface area contributed by atoms with Gasteiger partial charge in [-0.15, -0.1) is 0 Å². The average Bonchev–Trinajstić information content (AvgIpc) is 2.43. The van der Waals surface area contributed by atoms with Gasteiger partial charge in [0.1, 0.15) is 0 Å². The zero-order chi connectivity index (χ0) is 14.1. The van der Waals surface area contributed by atoms with E-state index < -0.39 is 0 Å². The zero-order valence-electron chi connectivity index (χ0n) is 12.9. The molecule has 0 bridgehead atoms. The van der Waals surface area contributed by atoms with Crippen LogP contribution in [-0.2, 0) is 0 Å². The van der Waals surface area contributed by atoms with Crippen molar-refractivity contribution in [3.8, 4) is 0 Å². The van der Waals surface area contributed by atoms with Crippen LogP contribution < -0.4 is 10.6 Å². The Bertz CT molecular complexity index is 349. The maximum Gasteiger partial charge on any atom is 0.0600 e. The first-order valence-electron chi connectivity index (χ1n) is 7.82. The molecule has 1 rings (SSSR count). The largest absolute Gasteiger partial charge is 0.397 e. The molecule has 0 saturated carbocycles. The Kier molecular flexibility index (Phi) is 7.39. The van der Waals surface area contributed by atoms with Crippen molar-refractivity contribution in [3.63, 3.8) is 0 Å². The second kappa shape index (κ2) is 8.84. The van der Waals surface area contributed by atoms with Gasteiger partial charge in [0.05, 0.1) is 11.4 Å². The lowest BCUT2D eigenvalue weighted by molar-refractivity contribution is 0.445. The van der Waals surface area contributed by atoms with Crippen molar-refractivity contribution in [2.24, 2.45) is 5.92 Å². The number of nitrogen functional groups attached to an aromatic ring is 1. The molecule has 0 aliphatic rings. The summed E-state index contributed by atoms with van der Waals surface area (Å²) in [7, 11) is 0. The minimum atomic E-state index is 0.783. The van der Waals surface area contributed by atoms with Gasteiger partial charge < -0.3 is 10.6 Å². The molecule has 0 saturated heterocycles. The van der Waals surface area contributed by atoms with Crippen molar-refractivity contribution < 1.29 is 0 Å². The van der Waals surface area contributed by atoms with Crippen molar-refractivity contribution in [1.29, 1.82) is 0 Å². The quantitative estimate of drug-likeness (QED) is 0.653. The van der Waals surface area contributed by atoms with Crippen molar-refractivity contribution in [3.05, 3.63) is 24.3 Å². The summed E-state index contributed by atoms with van der Waals surface area (Å²) >= 11 is 0. The molecule has 0 heterocycles. The summed E-state index contributed by atoms with van der Waals surface area (Å²) < 4.78 is 0. The molecule has 1 aromatic rings. The molecule has 0 aliphatic heterocycles. The van der Waals surface area contributed by atoms with E-state index in [4.69, 9.17) is 5.73 Å². The SMILES string of the molecule is CCCCC(CC)CN(CCC)c1ccccc1N. The van der Waals surface area contributed by atoms with Crippen LogP contribution in [0.5, 0.6) is 0 Å². The third-order valence-electron chi connectivity index (χ3n) is 3.79. The topological polar surface area (TPSA) is 29.3 Å². The number of benzene rings is 1. The molecule has 0 fully saturated rings. The normalized spacial score (nSPS) is 12.4. The lowest BCUT2D eigenvalue weighted by Crippen LogP contribution is -2.30. The van der Waals surface area contributed by atoms with E-state index in [2.05, 4.69) is 37.8 Å². The van der Waals surface area contributed by atoms with E-state index in [0.717, 1.165) is 24.7 Å². The van der Waals surface area contributed by atoms with E-state index in [1.165, 1.54) is 37.8 Å². The monoisotopic (exact) mass is 262 g/mol. The summed E-state index contributed by atoms with van der Waals surface area (Å²) in [5.41, 5.74) is 8.24. The van der Waals surface area contributed by atoms with Gasteiger partial charge in [-0.2, -0.15) is 0 Å². The van der Waals surface area contributed by atoms with E-state index in [9.17, 15) is 0 Å². The van der Waals surface area contributed by atoms with Gasteiger partial charge in [-0.3, -0.25) is 0 Å². The Balaban J connectivity index is 2.74. The lowest BCUT2D eigenvalue weighted by Gasteiger charge is -2.30. The van der Waals surface area contributed by atoms with Crippen molar-refractivity contribution in [1.82, 2.24) is 0 Å². The number of nitrogens with two attached hydrogens (primary N) is 1. The molecule has 2 N–H and O–H groups in total. The van der Waals surface area contributed by atoms with Crippen LogP contribution in [0.2, 0.25) is 0 Å². The molecule has 0 aromatic heterocycles. The highest BCUT2D eigenvalue weighted by atomic mass is 15.1. The first-order valence-corrected chi connectivity index (χ1v) is 7.82. The fraction of sp³-hybridized carbons (Fsp3) is 0.647. The summed E-state index contributed by atoms with van der Waals surface area (Å²) in [6.07, 6.45) is 6.38. The first-order chi connectivity index (χ1) is 9.22. The predicted octanol–water partition coefficient (Wildman–Crippen LogP) is 4.70. The fourth-order valence-electron chi connectivity index (χ4n) is 2.58. The average molecular weight is 262 g/mol. The summed E-state index contributed by atoms with van der Waals surface area (Å²) in [6.45, 7) is 9.04. The van der Waals surface area contributed by atoms with Crippen LogP contribution in [0, 0.1) is 5.92 Å². The Labute approximate surface area is 119 Å². The van der Waals surface area contributed by atoms with Crippen LogP contribution in [0.15, 0.2) is 24.3 Å². The van der Waals surface area contributed by atoms with Crippen LogP contribution >= 0.6 is 0 Å². The molecule has 0 spiro atoms. The van der Waals surface area contributed by atoms with Crippen molar-refractivity contribution in [2.45, 2.75) is 52.9 Å². The van der Waals surface area contributed by atoms with Gasteiger partial charge in [-0.25, -0.2) is 0 Å². The third-order valence-corrected chi connectivity index (χ3v) is 3.79. The van der Waals surface area contributed by atoms with Crippen LogP contribution in [-0.4, -0.2) is 13.1 Å². The second-order valence-corrected chi connectivity index (χ2v) is 5.42. The summed E-state index contributed by atoms with van der Waals surface area (Å²) in [5, 5.41) is 0. The number of unbranched alkanes of at least 4 members (excludes halogenated alkanes) is 1. The first kappa shape index (κ1) is 15.9.